The molecular weight excluding hydrogens is 280 g/mol. The van der Waals surface area contributed by atoms with Gasteiger partial charge < -0.3 is 9.47 Å². The predicted molar refractivity (Wildman–Crippen MR) is 81.5 cm³/mol. The van der Waals surface area contributed by atoms with Crippen molar-refractivity contribution in [3.05, 3.63) is 42.2 Å². The van der Waals surface area contributed by atoms with Crippen LogP contribution in [0.15, 0.2) is 24.3 Å². The fourth-order valence-electron chi connectivity index (χ4n) is 1.23. The molecule has 0 saturated carbocycles. The first-order chi connectivity index (χ1) is 9.34. The van der Waals surface area contributed by atoms with Crippen molar-refractivity contribution in [1.29, 1.82) is 0 Å². The van der Waals surface area contributed by atoms with Crippen molar-refractivity contribution in [2.45, 2.75) is 0 Å². The molecule has 0 aliphatic carbocycles. The molecule has 0 spiro atoms. The Balaban J connectivity index is 1.95. The van der Waals surface area contributed by atoms with Gasteiger partial charge in [0.2, 0.25) is 0 Å². The lowest BCUT2D eigenvalue weighted by atomic mass is 10.2. The molecule has 0 fully saturated rings. The molecule has 0 heterocycles. The summed E-state index contributed by atoms with van der Waals surface area (Å²) in [5.41, 5.74) is 0.474. The lowest BCUT2D eigenvalue weighted by Crippen LogP contribution is -2.08. The smallest absolute Gasteiger partial charge is 0.338 e. The molecule has 0 aromatic heterocycles. The number of ether oxygens (including phenoxy) is 2. The maximum atomic E-state index is 11.6. The average Bonchev–Trinajstić information content (AvgIpc) is 2.46. The van der Waals surface area contributed by atoms with Crippen LogP contribution in [-0.2, 0) is 9.47 Å². The van der Waals surface area contributed by atoms with E-state index in [0.717, 1.165) is 30.5 Å². The third-order valence-electron chi connectivity index (χ3n) is 2.13. The molecule has 3 nitrogen and oxygen atoms in total. The fourth-order valence-corrected chi connectivity index (χ4v) is 2.11. The highest BCUT2D eigenvalue weighted by Crippen LogP contribution is 2.03. The second-order valence-corrected chi connectivity index (χ2v) is 5.59. The second kappa shape index (κ2) is 11.2. The largest absolute Gasteiger partial charge is 0.461 e. The highest BCUT2D eigenvalue weighted by Gasteiger charge is 2.05. The highest BCUT2D eigenvalue weighted by molar-refractivity contribution is 8.00. The van der Waals surface area contributed by atoms with E-state index in [2.05, 4.69) is 12.3 Å². The molecule has 0 saturated heterocycles. The molecule has 1 rings (SSSR count). The molecule has 0 aliphatic heterocycles. The summed E-state index contributed by atoms with van der Waals surface area (Å²) in [5.74, 6) is 2.31. The zero-order chi connectivity index (χ0) is 13.8. The Morgan fingerprint density at radius 1 is 1.21 bits per heavy atom. The van der Waals surface area contributed by atoms with Crippen molar-refractivity contribution in [2.75, 3.05) is 37.1 Å². The van der Waals surface area contributed by atoms with Gasteiger partial charge in [-0.2, -0.15) is 23.5 Å². The molecule has 2 radical (unpaired) electrons. The van der Waals surface area contributed by atoms with Gasteiger partial charge >= 0.3 is 5.97 Å². The van der Waals surface area contributed by atoms with Crippen LogP contribution in [0, 0.1) is 12.3 Å². The van der Waals surface area contributed by atoms with E-state index < -0.39 is 0 Å². The fraction of sp³-hybridized carbons (Fsp3) is 0.429. The van der Waals surface area contributed by atoms with Gasteiger partial charge in [-0.15, -0.1) is 0 Å². The van der Waals surface area contributed by atoms with Gasteiger partial charge in [-0.05, 0) is 12.1 Å². The number of carbonyl (C=O) groups excluding carboxylic acids is 1. The molecule has 0 aliphatic rings. The molecule has 1 aromatic rings. The van der Waals surface area contributed by atoms with Gasteiger partial charge in [-0.25, -0.2) is 4.79 Å². The number of hydrogen-bond acceptors (Lipinski definition) is 5. The van der Waals surface area contributed by atoms with E-state index in [1.54, 1.807) is 30.0 Å². The van der Waals surface area contributed by atoms with Crippen LogP contribution in [0.2, 0.25) is 0 Å². The SMILES string of the molecule is [CH2]SCCOCCSCCOC(=O)c1[c]cccc1. The predicted octanol–water partition coefficient (Wildman–Crippen LogP) is 2.92. The summed E-state index contributed by atoms with van der Waals surface area (Å²) in [4.78, 5) is 11.6. The van der Waals surface area contributed by atoms with E-state index >= 15 is 0 Å². The Morgan fingerprint density at radius 3 is 2.74 bits per heavy atom. The molecule has 0 N–H and O–H groups in total. The van der Waals surface area contributed by atoms with Gasteiger partial charge in [-0.1, -0.05) is 18.2 Å². The van der Waals surface area contributed by atoms with Crippen LogP contribution in [0.4, 0.5) is 0 Å². The van der Waals surface area contributed by atoms with Crippen LogP contribution in [-0.4, -0.2) is 43.0 Å². The topological polar surface area (TPSA) is 35.5 Å². The summed E-state index contributed by atoms with van der Waals surface area (Å²) in [6.45, 7) is 1.89. The van der Waals surface area contributed by atoms with E-state index in [-0.39, 0.29) is 5.97 Å². The van der Waals surface area contributed by atoms with Crippen LogP contribution >= 0.6 is 23.5 Å². The molecule has 1 aromatic carbocycles. The molecule has 0 unspecified atom stereocenters. The minimum atomic E-state index is -0.315. The van der Waals surface area contributed by atoms with Crippen LogP contribution < -0.4 is 0 Å². The quantitative estimate of drug-likeness (QED) is 0.490. The molecule has 0 atom stereocenters. The summed E-state index contributed by atoms with van der Waals surface area (Å²) in [5, 5.41) is 0. The summed E-state index contributed by atoms with van der Waals surface area (Å²) < 4.78 is 10.5. The summed E-state index contributed by atoms with van der Waals surface area (Å²) >= 11 is 3.25. The normalized spacial score (nSPS) is 10.4. The van der Waals surface area contributed by atoms with Crippen molar-refractivity contribution in [3.63, 3.8) is 0 Å². The monoisotopic (exact) mass is 298 g/mol. The minimum absolute atomic E-state index is 0.315. The Hall–Kier alpha value is -0.650. The standard InChI is InChI=1S/C14H18O3S2/c1-18-10-7-16-8-11-19-12-9-17-14(15)13-5-3-2-4-6-13/h2-5H,1,7-12H2. The zero-order valence-corrected chi connectivity index (χ0v) is 12.4. The van der Waals surface area contributed by atoms with Gasteiger partial charge in [0, 0.05) is 23.5 Å². The number of thioether (sulfide) groups is 2. The number of rotatable bonds is 10. The maximum absolute atomic E-state index is 11.6. The van der Waals surface area contributed by atoms with Crippen LogP contribution in [0.25, 0.3) is 0 Å². The van der Waals surface area contributed by atoms with E-state index in [4.69, 9.17) is 9.47 Å². The van der Waals surface area contributed by atoms with Crippen molar-refractivity contribution >= 4 is 29.5 Å². The first-order valence-electron chi connectivity index (χ1n) is 6.01. The molecule has 104 valence electrons. The highest BCUT2D eigenvalue weighted by atomic mass is 32.2. The number of carbonyl (C=O) groups is 1. The van der Waals surface area contributed by atoms with Crippen molar-refractivity contribution in [1.82, 2.24) is 0 Å². The first kappa shape index (κ1) is 16.4. The second-order valence-electron chi connectivity index (χ2n) is 3.55. The third-order valence-corrected chi connectivity index (χ3v) is 3.50. The van der Waals surface area contributed by atoms with Crippen molar-refractivity contribution < 1.29 is 14.3 Å². The molecule has 0 amide bonds. The minimum Gasteiger partial charge on any atom is -0.461 e. The Bertz CT molecular complexity index is 344. The Kier molecular flexibility index (Phi) is 9.67. The van der Waals surface area contributed by atoms with E-state index in [0.29, 0.717) is 12.2 Å². The van der Waals surface area contributed by atoms with Crippen molar-refractivity contribution in [2.24, 2.45) is 0 Å². The molecular formula is C14H18O3S2. The summed E-state index contributed by atoms with van der Waals surface area (Å²) in [6.07, 6.45) is 3.67. The average molecular weight is 298 g/mol. The number of hydrogen-bond donors (Lipinski definition) is 0. The van der Waals surface area contributed by atoms with Gasteiger partial charge in [0.1, 0.15) is 6.61 Å². The third kappa shape index (κ3) is 8.18. The summed E-state index contributed by atoms with van der Waals surface area (Å²) in [6, 6.07) is 9.85. The van der Waals surface area contributed by atoms with Gasteiger partial charge in [0.15, 0.2) is 0 Å². The van der Waals surface area contributed by atoms with Crippen molar-refractivity contribution in [3.8, 4) is 0 Å². The van der Waals surface area contributed by atoms with Gasteiger partial charge in [0.05, 0.1) is 18.8 Å². The maximum Gasteiger partial charge on any atom is 0.338 e. The van der Waals surface area contributed by atoms with Crippen LogP contribution in [0.3, 0.4) is 0 Å². The number of esters is 1. The van der Waals surface area contributed by atoms with E-state index in [1.165, 1.54) is 11.8 Å². The Labute approximate surface area is 123 Å². The number of benzene rings is 1. The van der Waals surface area contributed by atoms with E-state index in [9.17, 15) is 4.79 Å². The lowest BCUT2D eigenvalue weighted by molar-refractivity contribution is 0.0530. The van der Waals surface area contributed by atoms with Crippen LogP contribution in [0.1, 0.15) is 10.4 Å². The first-order valence-corrected chi connectivity index (χ1v) is 8.32. The summed E-state index contributed by atoms with van der Waals surface area (Å²) in [7, 11) is 0. The van der Waals surface area contributed by atoms with E-state index in [1.807, 2.05) is 6.07 Å². The molecule has 19 heavy (non-hydrogen) atoms. The van der Waals surface area contributed by atoms with Gasteiger partial charge in [-0.3, -0.25) is 0 Å². The zero-order valence-electron chi connectivity index (χ0n) is 10.8. The molecule has 0 bridgehead atoms. The van der Waals surface area contributed by atoms with Gasteiger partial charge in [0.25, 0.3) is 0 Å². The molecule has 5 heteroatoms. The lowest BCUT2D eigenvalue weighted by Gasteiger charge is -2.05. The Morgan fingerprint density at radius 2 is 2.00 bits per heavy atom. The van der Waals surface area contributed by atoms with Crippen LogP contribution in [0.5, 0.6) is 0 Å².